The molecule has 0 aliphatic heterocycles. The molecule has 0 saturated carbocycles. The molecule has 1 aromatic rings. The van der Waals surface area contributed by atoms with Crippen LogP contribution in [0.15, 0.2) is 47.7 Å². The van der Waals surface area contributed by atoms with Gasteiger partial charge >= 0.3 is 0 Å². The third-order valence-electron chi connectivity index (χ3n) is 2.87. The molecule has 1 unspecified atom stereocenters. The quantitative estimate of drug-likeness (QED) is 0.690. The third kappa shape index (κ3) is 2.40. The van der Waals surface area contributed by atoms with E-state index in [1.165, 1.54) is 7.11 Å². The molecule has 1 N–H and O–H groups in total. The first-order valence-electron chi connectivity index (χ1n) is 5.49. The number of carbonyl (C=O) groups is 1. The van der Waals surface area contributed by atoms with Gasteiger partial charge in [0.1, 0.15) is 12.0 Å². The van der Waals surface area contributed by atoms with Crippen LogP contribution in [0, 0.1) is 0 Å². The van der Waals surface area contributed by atoms with Gasteiger partial charge in [0.15, 0.2) is 4.51 Å². The summed E-state index contributed by atoms with van der Waals surface area (Å²) in [7, 11) is 1.49. The highest BCUT2D eigenvalue weighted by atomic mass is 79.9. The van der Waals surface area contributed by atoms with Crippen molar-refractivity contribution < 1.29 is 14.6 Å². The van der Waals surface area contributed by atoms with Crippen molar-refractivity contribution in [3.05, 3.63) is 53.3 Å². The van der Waals surface area contributed by atoms with Crippen LogP contribution in [0.2, 0.25) is 0 Å². The Labute approximate surface area is 114 Å². The van der Waals surface area contributed by atoms with Gasteiger partial charge in [-0.2, -0.15) is 0 Å². The lowest BCUT2D eigenvalue weighted by molar-refractivity contribution is -0.105. The number of benzene rings is 1. The summed E-state index contributed by atoms with van der Waals surface area (Å²) in [6.45, 7) is 0. The Morgan fingerprint density at radius 1 is 1.39 bits per heavy atom. The summed E-state index contributed by atoms with van der Waals surface area (Å²) < 4.78 is 3.86. The van der Waals surface area contributed by atoms with Crippen LogP contribution in [0.5, 0.6) is 0 Å². The number of ether oxygens (including phenoxy) is 1. The monoisotopic (exact) mass is 308 g/mol. The fourth-order valence-electron chi connectivity index (χ4n) is 1.98. The van der Waals surface area contributed by atoms with Crippen LogP contribution in [0.1, 0.15) is 12.0 Å². The Bertz CT molecular complexity index is 515. The minimum Gasteiger partial charge on any atom is -0.497 e. The molecule has 0 aromatic heterocycles. The van der Waals surface area contributed by atoms with E-state index in [1.807, 2.05) is 30.3 Å². The number of halogens is 1. The number of alkyl halides is 1. The predicted molar refractivity (Wildman–Crippen MR) is 73.0 cm³/mol. The van der Waals surface area contributed by atoms with E-state index in [2.05, 4.69) is 15.9 Å². The topological polar surface area (TPSA) is 46.5 Å². The van der Waals surface area contributed by atoms with Crippen LogP contribution < -0.4 is 0 Å². The van der Waals surface area contributed by atoms with Crippen LogP contribution in [0.25, 0.3) is 5.57 Å². The van der Waals surface area contributed by atoms with Crippen molar-refractivity contribution in [2.75, 3.05) is 7.11 Å². The van der Waals surface area contributed by atoms with Crippen molar-refractivity contribution in [2.45, 2.75) is 10.9 Å². The zero-order chi connectivity index (χ0) is 13.2. The standard InChI is InChI=1S/C14H13BrO3/c1-18-13-7-12(10-5-3-2-4-6-10)11(9-16)8-14(13,15)17/h2-7,9,17H,8H2,1H3. The van der Waals surface area contributed by atoms with E-state index in [0.29, 0.717) is 11.3 Å². The molecule has 0 fully saturated rings. The normalized spacial score (nSPS) is 23.6. The minimum absolute atomic E-state index is 0.181. The first-order chi connectivity index (χ1) is 8.58. The average molecular weight is 309 g/mol. The van der Waals surface area contributed by atoms with Gasteiger partial charge in [0, 0.05) is 12.0 Å². The largest absolute Gasteiger partial charge is 0.497 e. The summed E-state index contributed by atoms with van der Waals surface area (Å²) in [6, 6.07) is 9.55. The first-order valence-corrected chi connectivity index (χ1v) is 6.29. The van der Waals surface area contributed by atoms with Crippen molar-refractivity contribution in [1.29, 1.82) is 0 Å². The van der Waals surface area contributed by atoms with E-state index in [1.54, 1.807) is 6.08 Å². The third-order valence-corrected chi connectivity index (χ3v) is 3.54. The van der Waals surface area contributed by atoms with E-state index in [-0.39, 0.29) is 6.42 Å². The predicted octanol–water partition coefficient (Wildman–Crippen LogP) is 2.66. The van der Waals surface area contributed by atoms with Crippen molar-refractivity contribution in [1.82, 2.24) is 0 Å². The Kier molecular flexibility index (Phi) is 3.68. The van der Waals surface area contributed by atoms with Gasteiger partial charge in [-0.15, -0.1) is 0 Å². The highest BCUT2D eigenvalue weighted by Crippen LogP contribution is 2.40. The molecule has 0 radical (unpaired) electrons. The molecule has 0 heterocycles. The van der Waals surface area contributed by atoms with E-state index < -0.39 is 4.51 Å². The fraction of sp³-hybridized carbons (Fsp3) is 0.214. The number of allylic oxidation sites excluding steroid dienone is 2. The van der Waals surface area contributed by atoms with Crippen molar-refractivity contribution in [2.24, 2.45) is 0 Å². The number of aldehydes is 1. The molecule has 1 aliphatic rings. The molecule has 4 heteroatoms. The molecular formula is C14H13BrO3. The maximum absolute atomic E-state index is 11.2. The summed E-state index contributed by atoms with van der Waals surface area (Å²) in [4.78, 5) is 11.2. The van der Waals surface area contributed by atoms with E-state index in [9.17, 15) is 9.90 Å². The molecule has 0 amide bonds. The second-order valence-corrected chi connectivity index (χ2v) is 5.38. The lowest BCUT2D eigenvalue weighted by Crippen LogP contribution is -2.28. The van der Waals surface area contributed by atoms with Gasteiger partial charge in [0.05, 0.1) is 7.11 Å². The smallest absolute Gasteiger partial charge is 0.180 e. The molecule has 0 bridgehead atoms. The van der Waals surface area contributed by atoms with Gasteiger partial charge < -0.3 is 9.84 Å². The number of rotatable bonds is 3. The minimum atomic E-state index is -1.31. The Balaban J connectivity index is 2.54. The Morgan fingerprint density at radius 3 is 2.61 bits per heavy atom. The van der Waals surface area contributed by atoms with Gasteiger partial charge in [-0.1, -0.05) is 30.3 Å². The molecule has 1 aliphatic carbocycles. The molecule has 1 atom stereocenters. The summed E-state index contributed by atoms with van der Waals surface area (Å²) in [5, 5.41) is 10.1. The SMILES string of the molecule is COC1=CC(c2ccccc2)=C(C=O)CC1(O)Br. The van der Waals surface area contributed by atoms with Crippen LogP contribution in [-0.2, 0) is 9.53 Å². The molecule has 0 saturated heterocycles. The molecule has 94 valence electrons. The summed E-state index contributed by atoms with van der Waals surface area (Å²) >= 11 is 3.17. The second-order valence-electron chi connectivity index (χ2n) is 4.07. The zero-order valence-electron chi connectivity index (χ0n) is 9.89. The fourth-order valence-corrected chi connectivity index (χ4v) is 2.55. The van der Waals surface area contributed by atoms with Crippen molar-refractivity contribution >= 4 is 27.8 Å². The number of aliphatic hydroxyl groups is 1. The van der Waals surface area contributed by atoms with Crippen LogP contribution in [0.4, 0.5) is 0 Å². The summed E-state index contributed by atoms with van der Waals surface area (Å²) in [6.07, 6.45) is 2.65. The average Bonchev–Trinajstić information content (AvgIpc) is 2.38. The van der Waals surface area contributed by atoms with Gasteiger partial charge in [0.25, 0.3) is 0 Å². The van der Waals surface area contributed by atoms with Crippen LogP contribution >= 0.6 is 15.9 Å². The highest BCUT2D eigenvalue weighted by molar-refractivity contribution is 9.10. The maximum Gasteiger partial charge on any atom is 0.180 e. The number of hydrogen-bond donors (Lipinski definition) is 1. The van der Waals surface area contributed by atoms with E-state index in [4.69, 9.17) is 4.74 Å². The molecule has 2 rings (SSSR count). The number of methoxy groups -OCH3 is 1. The van der Waals surface area contributed by atoms with Crippen molar-refractivity contribution in [3.63, 3.8) is 0 Å². The number of carbonyl (C=O) groups excluding carboxylic acids is 1. The second kappa shape index (κ2) is 5.08. The first kappa shape index (κ1) is 13.1. The molecule has 0 spiro atoms. The Hall–Kier alpha value is -1.39. The molecular weight excluding hydrogens is 296 g/mol. The molecule has 18 heavy (non-hydrogen) atoms. The molecule has 3 nitrogen and oxygen atoms in total. The lowest BCUT2D eigenvalue weighted by atomic mass is 9.90. The summed E-state index contributed by atoms with van der Waals surface area (Å²) in [5.74, 6) is 0.395. The lowest BCUT2D eigenvalue weighted by Gasteiger charge is -2.28. The van der Waals surface area contributed by atoms with E-state index in [0.717, 1.165) is 17.4 Å². The van der Waals surface area contributed by atoms with Crippen LogP contribution in [0.3, 0.4) is 0 Å². The Morgan fingerprint density at radius 2 is 2.06 bits per heavy atom. The number of hydrogen-bond acceptors (Lipinski definition) is 3. The van der Waals surface area contributed by atoms with Gasteiger partial charge in [-0.3, -0.25) is 4.79 Å². The van der Waals surface area contributed by atoms with E-state index >= 15 is 0 Å². The van der Waals surface area contributed by atoms with Crippen LogP contribution in [-0.4, -0.2) is 23.0 Å². The molecule has 1 aromatic carbocycles. The highest BCUT2D eigenvalue weighted by Gasteiger charge is 2.35. The summed E-state index contributed by atoms with van der Waals surface area (Å²) in [5.41, 5.74) is 2.25. The van der Waals surface area contributed by atoms with Gasteiger partial charge in [0.2, 0.25) is 0 Å². The van der Waals surface area contributed by atoms with Crippen molar-refractivity contribution in [3.8, 4) is 0 Å². The van der Waals surface area contributed by atoms with Gasteiger partial charge in [-0.05, 0) is 33.1 Å². The zero-order valence-corrected chi connectivity index (χ0v) is 11.5. The van der Waals surface area contributed by atoms with Gasteiger partial charge in [-0.25, -0.2) is 0 Å². The maximum atomic E-state index is 11.2.